The van der Waals surface area contributed by atoms with E-state index in [-0.39, 0.29) is 17.9 Å². The summed E-state index contributed by atoms with van der Waals surface area (Å²) in [5, 5.41) is 29.6. The first kappa shape index (κ1) is 18.3. The highest BCUT2D eigenvalue weighted by molar-refractivity contribution is 14.1. The molecule has 2 aromatic carbocycles. The number of phenolic OH excluding ortho intramolecular Hbond substituents is 1. The summed E-state index contributed by atoms with van der Waals surface area (Å²) in [5.74, 6) is 0.0988. The van der Waals surface area contributed by atoms with E-state index in [4.69, 9.17) is 10.00 Å². The van der Waals surface area contributed by atoms with Crippen LogP contribution in [0.4, 0.5) is 5.69 Å². The van der Waals surface area contributed by atoms with Gasteiger partial charge >= 0.3 is 0 Å². The van der Waals surface area contributed by atoms with Crippen LogP contribution in [-0.4, -0.2) is 17.6 Å². The van der Waals surface area contributed by atoms with Gasteiger partial charge in [-0.25, -0.2) is 0 Å². The number of benzene rings is 2. The Morgan fingerprint density at radius 1 is 1.24 bits per heavy atom. The van der Waals surface area contributed by atoms with Gasteiger partial charge in [-0.3, -0.25) is 4.79 Å². The van der Waals surface area contributed by atoms with Crippen LogP contribution in [0.25, 0.3) is 6.08 Å². The second kappa shape index (κ2) is 8.71. The monoisotopic (exact) mass is 445 g/mol. The van der Waals surface area contributed by atoms with Crippen molar-refractivity contribution in [3.05, 3.63) is 57.2 Å². The zero-order valence-electron chi connectivity index (χ0n) is 12.9. The number of hydrogen-bond acceptors (Lipinski definition) is 5. The number of phenols is 1. The third kappa shape index (κ3) is 5.23. The van der Waals surface area contributed by atoms with Crippen LogP contribution in [0.1, 0.15) is 5.56 Å². The van der Waals surface area contributed by atoms with Gasteiger partial charge in [0.1, 0.15) is 29.2 Å². The molecule has 6 nitrogen and oxygen atoms in total. The fourth-order valence-corrected chi connectivity index (χ4v) is 2.59. The summed E-state index contributed by atoms with van der Waals surface area (Å²) >= 11 is 2.05. The molecule has 0 radical (unpaired) electrons. The summed E-state index contributed by atoms with van der Waals surface area (Å²) in [5.41, 5.74) is 1.07. The third-order valence-corrected chi connectivity index (χ3v) is 3.89. The quantitative estimate of drug-likeness (QED) is 0.318. The number of halogens is 1. The molecule has 0 aromatic heterocycles. The number of amides is 1. The predicted molar refractivity (Wildman–Crippen MR) is 101 cm³/mol. The molecule has 2 rings (SSSR count). The van der Waals surface area contributed by atoms with E-state index in [1.165, 1.54) is 30.3 Å². The molecule has 0 fully saturated rings. The number of carbonyl (C=O) groups is 1. The molecule has 0 saturated heterocycles. The lowest BCUT2D eigenvalue weighted by Gasteiger charge is -2.06. The zero-order valence-corrected chi connectivity index (χ0v) is 15.0. The van der Waals surface area contributed by atoms with Crippen molar-refractivity contribution in [3.63, 3.8) is 0 Å². The lowest BCUT2D eigenvalue weighted by molar-refractivity contribution is -0.112. The smallest absolute Gasteiger partial charge is 0.266 e. The molecule has 0 aliphatic rings. The van der Waals surface area contributed by atoms with Crippen molar-refractivity contribution in [1.82, 2.24) is 0 Å². The number of rotatable bonds is 5. The molecule has 0 unspecified atom stereocenters. The van der Waals surface area contributed by atoms with Crippen molar-refractivity contribution < 1.29 is 14.6 Å². The largest absolute Gasteiger partial charge is 0.508 e. The molecule has 0 saturated carbocycles. The van der Waals surface area contributed by atoms with Gasteiger partial charge in [0.25, 0.3) is 5.91 Å². The summed E-state index contributed by atoms with van der Waals surface area (Å²) in [4.78, 5) is 12.2. The molecule has 0 aliphatic heterocycles. The van der Waals surface area contributed by atoms with Crippen molar-refractivity contribution >= 4 is 40.3 Å². The first-order valence-electron chi connectivity index (χ1n) is 7.05. The van der Waals surface area contributed by atoms with Gasteiger partial charge < -0.3 is 15.2 Å². The molecule has 2 N–H and O–H groups in total. The number of carbonyl (C=O) groups excluding carboxylic acids is 1. The van der Waals surface area contributed by atoms with Gasteiger partial charge in [0.05, 0.1) is 3.57 Å². The van der Waals surface area contributed by atoms with Crippen molar-refractivity contribution in [3.8, 4) is 23.6 Å². The predicted octanol–water partition coefficient (Wildman–Crippen LogP) is 3.44. The van der Waals surface area contributed by atoms with E-state index in [1.54, 1.807) is 18.2 Å². The van der Waals surface area contributed by atoms with Crippen LogP contribution in [0.2, 0.25) is 0 Å². The first-order valence-corrected chi connectivity index (χ1v) is 8.13. The fourth-order valence-electron chi connectivity index (χ4n) is 1.89. The molecular formula is C18H12IN3O3. The number of hydrogen-bond donors (Lipinski definition) is 2. The number of aromatic hydroxyl groups is 1. The summed E-state index contributed by atoms with van der Waals surface area (Å²) in [6.45, 7) is -0.0519. The van der Waals surface area contributed by atoms with Crippen LogP contribution < -0.4 is 10.1 Å². The maximum Gasteiger partial charge on any atom is 0.266 e. The zero-order chi connectivity index (χ0) is 18.2. The van der Waals surface area contributed by atoms with Gasteiger partial charge in [-0.05, 0) is 70.6 Å². The molecule has 2 aromatic rings. The van der Waals surface area contributed by atoms with Gasteiger partial charge in [-0.2, -0.15) is 10.5 Å². The minimum absolute atomic E-state index is 0.0519. The van der Waals surface area contributed by atoms with E-state index < -0.39 is 5.91 Å². The van der Waals surface area contributed by atoms with Gasteiger partial charge in [0, 0.05) is 5.69 Å². The second-order valence-electron chi connectivity index (χ2n) is 4.81. The molecule has 7 heteroatoms. The Bertz CT molecular complexity index is 893. The average Bonchev–Trinajstić information content (AvgIpc) is 2.60. The fraction of sp³-hybridized carbons (Fsp3) is 0.0556. The first-order chi connectivity index (χ1) is 12.0. The lowest BCUT2D eigenvalue weighted by Crippen LogP contribution is -2.13. The highest BCUT2D eigenvalue weighted by atomic mass is 127. The lowest BCUT2D eigenvalue weighted by atomic mass is 10.1. The normalized spacial score (nSPS) is 10.4. The highest BCUT2D eigenvalue weighted by Gasteiger charge is 2.10. The number of ether oxygens (including phenoxy) is 1. The van der Waals surface area contributed by atoms with Crippen LogP contribution in [0.5, 0.6) is 11.5 Å². The second-order valence-corrected chi connectivity index (χ2v) is 5.97. The van der Waals surface area contributed by atoms with Crippen LogP contribution in [0.3, 0.4) is 0 Å². The molecule has 0 atom stereocenters. The molecule has 25 heavy (non-hydrogen) atoms. The molecule has 0 aliphatic carbocycles. The maximum atomic E-state index is 12.2. The highest BCUT2D eigenvalue weighted by Crippen LogP contribution is 2.23. The average molecular weight is 445 g/mol. The number of nitrogens with one attached hydrogen (secondary N) is 1. The van der Waals surface area contributed by atoms with Gasteiger partial charge in [-0.1, -0.05) is 6.07 Å². The van der Waals surface area contributed by atoms with Crippen LogP contribution in [-0.2, 0) is 4.79 Å². The van der Waals surface area contributed by atoms with Gasteiger partial charge in [0.2, 0.25) is 0 Å². The minimum atomic E-state index is -0.548. The van der Waals surface area contributed by atoms with Gasteiger partial charge in [0.15, 0.2) is 6.61 Å². The molecule has 0 spiro atoms. The van der Waals surface area contributed by atoms with Crippen molar-refractivity contribution in [2.75, 3.05) is 11.9 Å². The van der Waals surface area contributed by atoms with E-state index >= 15 is 0 Å². The van der Waals surface area contributed by atoms with E-state index in [2.05, 4.69) is 27.9 Å². The van der Waals surface area contributed by atoms with Crippen LogP contribution in [0.15, 0.2) is 48.0 Å². The standard InChI is InChI=1S/C18H12IN3O3/c19-16-10-12(1-6-17(16)25-8-7-20)9-13(11-21)18(24)22-14-2-4-15(23)5-3-14/h1-6,9-10,23H,8H2,(H,22,24)/b13-9+. The molecule has 1 amide bonds. The SMILES string of the molecule is N#CCOc1ccc(/C=C(\C#N)C(=O)Nc2ccc(O)cc2)cc1I. The summed E-state index contributed by atoms with van der Waals surface area (Å²) in [7, 11) is 0. The third-order valence-electron chi connectivity index (χ3n) is 3.05. The molecule has 0 bridgehead atoms. The Balaban J connectivity index is 2.17. The van der Waals surface area contributed by atoms with Crippen LogP contribution in [0, 0.1) is 26.2 Å². The summed E-state index contributed by atoms with van der Waals surface area (Å²) in [6.07, 6.45) is 1.46. The van der Waals surface area contributed by atoms with E-state index in [9.17, 15) is 15.2 Å². The molecule has 0 heterocycles. The number of anilines is 1. The Morgan fingerprint density at radius 3 is 2.56 bits per heavy atom. The topological polar surface area (TPSA) is 106 Å². The number of nitriles is 2. The molecular weight excluding hydrogens is 433 g/mol. The van der Waals surface area contributed by atoms with E-state index in [1.807, 2.05) is 12.1 Å². The molecule has 124 valence electrons. The Labute approximate surface area is 158 Å². The van der Waals surface area contributed by atoms with E-state index in [0.29, 0.717) is 17.0 Å². The number of nitrogens with zero attached hydrogens (tertiary/aromatic N) is 2. The van der Waals surface area contributed by atoms with Crippen molar-refractivity contribution in [2.45, 2.75) is 0 Å². The minimum Gasteiger partial charge on any atom is -0.508 e. The van der Waals surface area contributed by atoms with E-state index in [0.717, 1.165) is 3.57 Å². The van der Waals surface area contributed by atoms with Crippen molar-refractivity contribution in [2.24, 2.45) is 0 Å². The Kier molecular flexibility index (Phi) is 6.38. The van der Waals surface area contributed by atoms with Gasteiger partial charge in [-0.15, -0.1) is 0 Å². The summed E-state index contributed by atoms with van der Waals surface area (Å²) in [6, 6.07) is 14.8. The Morgan fingerprint density at radius 2 is 1.96 bits per heavy atom. The van der Waals surface area contributed by atoms with Crippen molar-refractivity contribution in [1.29, 1.82) is 10.5 Å². The van der Waals surface area contributed by atoms with Crippen LogP contribution >= 0.6 is 22.6 Å². The maximum absolute atomic E-state index is 12.2. The summed E-state index contributed by atoms with van der Waals surface area (Å²) < 4.78 is 6.02. The Hall–Kier alpha value is -3.04.